The van der Waals surface area contributed by atoms with E-state index >= 15 is 0 Å². The number of carbonyl (C=O) groups is 1. The van der Waals surface area contributed by atoms with E-state index in [1.807, 2.05) is 55.5 Å². The van der Waals surface area contributed by atoms with E-state index in [9.17, 15) is 23.1 Å². The largest absolute Gasteiger partial charge is 0.478 e. The molecule has 0 radical (unpaired) electrons. The molecule has 7 heteroatoms. The summed E-state index contributed by atoms with van der Waals surface area (Å²) >= 11 is 0. The zero-order chi connectivity index (χ0) is 29.1. The highest BCUT2D eigenvalue weighted by atomic mass is 19.4. The molecular formula is C34H28F3NO3. The molecule has 4 nitrogen and oxygen atoms in total. The topological polar surface area (TPSA) is 53.7 Å². The van der Waals surface area contributed by atoms with Crippen LogP contribution in [0.25, 0.3) is 27.5 Å². The Kier molecular flexibility index (Phi) is 7.81. The second kappa shape index (κ2) is 11.5. The Hall–Kier alpha value is -4.62. The summed E-state index contributed by atoms with van der Waals surface area (Å²) in [5.41, 5.74) is 5.50. The number of furan rings is 1. The number of aliphatic carboxylic acids is 1. The predicted molar refractivity (Wildman–Crippen MR) is 154 cm³/mol. The van der Waals surface area contributed by atoms with Crippen LogP contribution < -0.4 is 0 Å². The van der Waals surface area contributed by atoms with E-state index in [-0.39, 0.29) is 17.9 Å². The molecule has 0 saturated heterocycles. The molecule has 0 aliphatic rings. The second-order valence-corrected chi connectivity index (χ2v) is 10.1. The third-order valence-electron chi connectivity index (χ3n) is 7.14. The van der Waals surface area contributed by atoms with Crippen LogP contribution in [0.3, 0.4) is 0 Å². The fourth-order valence-corrected chi connectivity index (χ4v) is 4.95. The lowest BCUT2D eigenvalue weighted by molar-refractivity contribution is -0.153. The lowest BCUT2D eigenvalue weighted by atomic mass is 9.98. The first-order valence-corrected chi connectivity index (χ1v) is 13.1. The van der Waals surface area contributed by atoms with Gasteiger partial charge in [-0.2, -0.15) is 13.2 Å². The van der Waals surface area contributed by atoms with Crippen molar-refractivity contribution in [1.82, 2.24) is 4.90 Å². The number of nitrogens with zero attached hydrogens (tertiary/aromatic N) is 1. The summed E-state index contributed by atoms with van der Waals surface area (Å²) in [6, 6.07) is 29.6. The number of carboxylic acids is 1. The lowest BCUT2D eigenvalue weighted by Crippen LogP contribution is -2.23. The van der Waals surface area contributed by atoms with Crippen LogP contribution in [0.5, 0.6) is 0 Å². The Morgan fingerprint density at radius 3 is 2.32 bits per heavy atom. The number of alkyl halides is 3. The van der Waals surface area contributed by atoms with E-state index in [4.69, 9.17) is 4.42 Å². The molecule has 4 aromatic carbocycles. The molecule has 5 aromatic rings. The number of hydrogen-bond acceptors (Lipinski definition) is 3. The zero-order valence-electron chi connectivity index (χ0n) is 22.4. The van der Waals surface area contributed by atoms with Gasteiger partial charge in [0.1, 0.15) is 5.76 Å². The molecule has 0 bridgehead atoms. The van der Waals surface area contributed by atoms with Crippen LogP contribution in [0.15, 0.2) is 108 Å². The molecule has 0 aliphatic carbocycles. The highest BCUT2D eigenvalue weighted by Crippen LogP contribution is 2.32. The van der Waals surface area contributed by atoms with Gasteiger partial charge in [-0.15, -0.1) is 0 Å². The summed E-state index contributed by atoms with van der Waals surface area (Å²) in [6.07, 6.45) is -4.54. The normalized spacial score (nSPS) is 11.7. The third-order valence-corrected chi connectivity index (χ3v) is 7.14. The molecule has 41 heavy (non-hydrogen) atoms. The maximum Gasteiger partial charge on any atom is 0.449 e. The Morgan fingerprint density at radius 2 is 1.61 bits per heavy atom. The van der Waals surface area contributed by atoms with Crippen molar-refractivity contribution < 1.29 is 27.5 Å². The molecule has 0 spiro atoms. The number of rotatable bonds is 9. The zero-order valence-corrected chi connectivity index (χ0v) is 22.4. The minimum Gasteiger partial charge on any atom is -0.478 e. The molecule has 5 rings (SSSR count). The lowest BCUT2D eigenvalue weighted by Gasteiger charge is -2.24. The van der Waals surface area contributed by atoms with Crippen molar-refractivity contribution in [3.8, 4) is 11.1 Å². The van der Waals surface area contributed by atoms with Crippen molar-refractivity contribution in [2.45, 2.75) is 32.7 Å². The van der Waals surface area contributed by atoms with Gasteiger partial charge in [0.2, 0.25) is 5.76 Å². The molecule has 0 unspecified atom stereocenters. The number of aryl methyl sites for hydroxylation is 1. The Balaban J connectivity index is 1.43. The van der Waals surface area contributed by atoms with Gasteiger partial charge in [0.15, 0.2) is 0 Å². The van der Waals surface area contributed by atoms with E-state index < -0.39 is 17.9 Å². The van der Waals surface area contributed by atoms with Gasteiger partial charge in [-0.3, -0.25) is 4.90 Å². The third kappa shape index (κ3) is 6.42. The standard InChI is InChI=1S/C34H28F3NO3/c1-22-10-13-26-6-3-4-9-30(26)31(22)21-38(20-29-16-17-32(41-29)34(35,36)37)19-24-11-14-25(15-12-24)28-8-5-7-27(18-28)23(2)33(39)40/h3-18H,2,19-21H2,1H3,(H,39,40). The van der Waals surface area contributed by atoms with Crippen molar-refractivity contribution >= 4 is 22.3 Å². The average Bonchev–Trinajstić information content (AvgIpc) is 3.44. The minimum atomic E-state index is -4.54. The Bertz CT molecular complexity index is 1720. The Labute approximate surface area is 236 Å². The molecule has 1 heterocycles. The summed E-state index contributed by atoms with van der Waals surface area (Å²) in [4.78, 5) is 13.4. The van der Waals surface area contributed by atoms with Gasteiger partial charge in [-0.05, 0) is 69.3 Å². The maximum absolute atomic E-state index is 13.2. The van der Waals surface area contributed by atoms with Crippen molar-refractivity contribution in [3.05, 3.63) is 137 Å². The fraction of sp³-hybridized carbons (Fsp3) is 0.147. The molecular weight excluding hydrogens is 527 g/mol. The van der Waals surface area contributed by atoms with Crippen LogP contribution in [-0.4, -0.2) is 16.0 Å². The average molecular weight is 556 g/mol. The van der Waals surface area contributed by atoms with Crippen LogP contribution in [0, 0.1) is 6.92 Å². The monoisotopic (exact) mass is 555 g/mol. The summed E-state index contributed by atoms with van der Waals surface area (Å²) in [6.45, 7) is 6.86. The predicted octanol–water partition coefficient (Wildman–Crippen LogP) is 8.73. The highest BCUT2D eigenvalue weighted by molar-refractivity contribution is 6.14. The van der Waals surface area contributed by atoms with Gasteiger partial charge < -0.3 is 9.52 Å². The van der Waals surface area contributed by atoms with Crippen molar-refractivity contribution in [1.29, 1.82) is 0 Å². The van der Waals surface area contributed by atoms with Crippen molar-refractivity contribution in [2.75, 3.05) is 0 Å². The first-order valence-electron chi connectivity index (χ1n) is 13.1. The molecule has 0 atom stereocenters. The van der Waals surface area contributed by atoms with Gasteiger partial charge in [0.25, 0.3) is 0 Å². The minimum absolute atomic E-state index is 0.0226. The maximum atomic E-state index is 13.2. The van der Waals surface area contributed by atoms with E-state index in [2.05, 4.69) is 29.7 Å². The fourth-order valence-electron chi connectivity index (χ4n) is 4.95. The van der Waals surface area contributed by atoms with E-state index in [1.54, 1.807) is 18.2 Å². The first-order chi connectivity index (χ1) is 19.6. The van der Waals surface area contributed by atoms with E-state index in [0.717, 1.165) is 44.7 Å². The molecule has 0 fully saturated rings. The molecule has 0 amide bonds. The number of hydrogen-bond donors (Lipinski definition) is 1. The van der Waals surface area contributed by atoms with Crippen LogP contribution in [0.1, 0.15) is 33.8 Å². The van der Waals surface area contributed by atoms with Crippen molar-refractivity contribution in [2.24, 2.45) is 0 Å². The first kappa shape index (κ1) is 27.9. The van der Waals surface area contributed by atoms with E-state index in [0.29, 0.717) is 18.7 Å². The van der Waals surface area contributed by atoms with Gasteiger partial charge >= 0.3 is 12.1 Å². The summed E-state index contributed by atoms with van der Waals surface area (Å²) in [7, 11) is 0. The summed E-state index contributed by atoms with van der Waals surface area (Å²) in [5.74, 6) is -1.84. The summed E-state index contributed by atoms with van der Waals surface area (Å²) < 4.78 is 44.8. The van der Waals surface area contributed by atoms with Gasteiger partial charge in [0, 0.05) is 13.1 Å². The number of benzene rings is 4. The number of fused-ring (bicyclic) bond motifs is 1. The molecule has 1 aromatic heterocycles. The van der Waals surface area contributed by atoms with E-state index in [1.165, 1.54) is 6.07 Å². The van der Waals surface area contributed by atoms with Gasteiger partial charge in [-0.25, -0.2) is 4.79 Å². The van der Waals surface area contributed by atoms with Crippen LogP contribution in [0.4, 0.5) is 13.2 Å². The second-order valence-electron chi connectivity index (χ2n) is 10.1. The Morgan fingerprint density at radius 1 is 0.854 bits per heavy atom. The smallest absolute Gasteiger partial charge is 0.449 e. The molecule has 0 saturated carbocycles. The number of carboxylic acid groups (broad SMARTS) is 1. The van der Waals surface area contributed by atoms with Crippen LogP contribution in [-0.2, 0) is 30.6 Å². The van der Waals surface area contributed by atoms with Gasteiger partial charge in [0.05, 0.1) is 12.1 Å². The van der Waals surface area contributed by atoms with Crippen molar-refractivity contribution in [3.63, 3.8) is 0 Å². The number of halogens is 3. The SMILES string of the molecule is C=C(C(=O)O)c1cccc(-c2ccc(CN(Cc3ccc(C(F)(F)F)o3)Cc3c(C)ccc4ccccc34)cc2)c1. The van der Waals surface area contributed by atoms with Crippen LogP contribution in [0.2, 0.25) is 0 Å². The highest BCUT2D eigenvalue weighted by Gasteiger charge is 2.34. The summed E-state index contributed by atoms with van der Waals surface area (Å²) in [5, 5.41) is 11.5. The quantitative estimate of drug-likeness (QED) is 0.185. The molecule has 208 valence electrons. The molecule has 1 N–H and O–H groups in total. The molecule has 0 aliphatic heterocycles. The van der Waals surface area contributed by atoms with Gasteiger partial charge in [-0.1, -0.05) is 85.4 Å². The van der Waals surface area contributed by atoms with Crippen LogP contribution >= 0.6 is 0 Å².